The highest BCUT2D eigenvalue weighted by atomic mass is 16.4. The molecule has 178 valence electrons. The molecule has 0 unspecified atom stereocenters. The molecule has 0 aromatic heterocycles. The Kier molecular flexibility index (Phi) is 22.8. The molecule has 0 bridgehead atoms. The van der Waals surface area contributed by atoms with E-state index in [0.717, 1.165) is 25.8 Å². The van der Waals surface area contributed by atoms with Gasteiger partial charge in [0.1, 0.15) is 0 Å². The van der Waals surface area contributed by atoms with E-state index in [0.29, 0.717) is 6.42 Å². The van der Waals surface area contributed by atoms with Crippen molar-refractivity contribution in [1.82, 2.24) is 21.9 Å². The summed E-state index contributed by atoms with van der Waals surface area (Å²) in [6.45, 7) is 0.807. The Balaban J connectivity index is 3.02. The molecule has 0 aromatic carbocycles. The fourth-order valence-corrected chi connectivity index (χ4v) is 3.51. The third-order valence-electron chi connectivity index (χ3n) is 5.26. The van der Waals surface area contributed by atoms with E-state index in [-0.39, 0.29) is 0 Å². The molecule has 0 aromatic rings. The topological polar surface area (TPSA) is 123 Å². The second-order valence-corrected chi connectivity index (χ2v) is 8.11. The van der Waals surface area contributed by atoms with Crippen LogP contribution in [-0.4, -0.2) is 28.8 Å². The second kappa shape index (κ2) is 23.9. The fourth-order valence-electron chi connectivity index (χ4n) is 3.51. The quantitative estimate of drug-likeness (QED) is 0.0911. The first kappa shape index (κ1) is 28.6. The number of unbranched alkanes of at least 4 members (excludes halogenated alkanes) is 17. The van der Waals surface area contributed by atoms with E-state index >= 15 is 0 Å². The van der Waals surface area contributed by atoms with E-state index in [2.05, 4.69) is 16.5 Å². The summed E-state index contributed by atoms with van der Waals surface area (Å²) >= 11 is 0. The van der Waals surface area contributed by atoms with Gasteiger partial charge in [0.05, 0.1) is 0 Å². The molecule has 0 atom stereocenters. The molecule has 0 saturated carbocycles. The standard InChI is InChI=1S/C22H46N4O4/c27-21(28)19-17-15-13-11-9-7-5-3-1-2-4-6-8-10-12-14-16-18-20-23-25-26-24-22(29)30/h23-26H,1-20H2,(H,27,28)(H,29,30). The minimum absolute atomic E-state index is 0.324. The third-order valence-corrected chi connectivity index (χ3v) is 5.26. The molecule has 30 heavy (non-hydrogen) atoms. The molecule has 0 saturated heterocycles. The van der Waals surface area contributed by atoms with Gasteiger partial charge in [-0.15, -0.1) is 0 Å². The number of amides is 1. The maximum Gasteiger partial charge on any atom is 0.420 e. The highest BCUT2D eigenvalue weighted by molar-refractivity contribution is 5.66. The minimum atomic E-state index is -1.13. The smallest absolute Gasteiger partial charge is 0.420 e. The number of carboxylic acids is 1. The lowest BCUT2D eigenvalue weighted by Crippen LogP contribution is -2.52. The summed E-state index contributed by atoms with van der Waals surface area (Å²) in [4.78, 5) is 20.6. The minimum Gasteiger partial charge on any atom is -0.481 e. The summed E-state index contributed by atoms with van der Waals surface area (Å²) in [5.41, 5.74) is 9.78. The number of aliphatic carboxylic acids is 1. The van der Waals surface area contributed by atoms with Crippen molar-refractivity contribution >= 4 is 12.1 Å². The van der Waals surface area contributed by atoms with Gasteiger partial charge < -0.3 is 10.2 Å². The van der Waals surface area contributed by atoms with Gasteiger partial charge in [0, 0.05) is 13.0 Å². The van der Waals surface area contributed by atoms with Crippen LogP contribution in [0.4, 0.5) is 4.79 Å². The van der Waals surface area contributed by atoms with Crippen molar-refractivity contribution in [3.8, 4) is 0 Å². The molecule has 0 aliphatic carbocycles. The molecule has 6 N–H and O–H groups in total. The van der Waals surface area contributed by atoms with E-state index < -0.39 is 12.1 Å². The van der Waals surface area contributed by atoms with Crippen molar-refractivity contribution in [2.24, 2.45) is 0 Å². The van der Waals surface area contributed by atoms with E-state index in [9.17, 15) is 9.59 Å². The summed E-state index contributed by atoms with van der Waals surface area (Å²) in [6, 6.07) is 0. The molecule has 0 heterocycles. The lowest BCUT2D eigenvalue weighted by Gasteiger charge is -2.07. The van der Waals surface area contributed by atoms with Crippen LogP contribution in [0.3, 0.4) is 0 Å². The van der Waals surface area contributed by atoms with Gasteiger partial charge in [-0.05, 0) is 12.8 Å². The number of nitrogens with one attached hydrogen (secondary N) is 4. The van der Waals surface area contributed by atoms with Crippen LogP contribution in [0.5, 0.6) is 0 Å². The first-order chi connectivity index (χ1) is 14.6. The second-order valence-electron chi connectivity index (χ2n) is 8.11. The van der Waals surface area contributed by atoms with Gasteiger partial charge in [0.25, 0.3) is 0 Å². The Morgan fingerprint density at radius 3 is 1.23 bits per heavy atom. The normalized spacial score (nSPS) is 10.9. The third kappa shape index (κ3) is 26.6. The maximum absolute atomic E-state index is 10.4. The van der Waals surface area contributed by atoms with Crippen LogP contribution in [0.25, 0.3) is 0 Å². The van der Waals surface area contributed by atoms with Crippen molar-refractivity contribution in [2.45, 2.75) is 122 Å². The van der Waals surface area contributed by atoms with Crippen LogP contribution >= 0.6 is 0 Å². The molecule has 8 nitrogen and oxygen atoms in total. The molecular formula is C22H46N4O4. The number of carbonyl (C=O) groups is 2. The Hall–Kier alpha value is -1.38. The van der Waals surface area contributed by atoms with Crippen molar-refractivity contribution in [2.75, 3.05) is 6.54 Å². The van der Waals surface area contributed by atoms with E-state index in [1.807, 2.05) is 5.43 Å². The molecule has 8 heteroatoms. The molecule has 0 fully saturated rings. The van der Waals surface area contributed by atoms with Gasteiger partial charge in [-0.25, -0.2) is 15.6 Å². The fraction of sp³-hybridized carbons (Fsp3) is 0.909. The van der Waals surface area contributed by atoms with Gasteiger partial charge in [0.2, 0.25) is 0 Å². The van der Waals surface area contributed by atoms with Crippen LogP contribution in [0.15, 0.2) is 0 Å². The average Bonchev–Trinajstić information content (AvgIpc) is 2.70. The monoisotopic (exact) mass is 430 g/mol. The average molecular weight is 431 g/mol. The molecule has 0 radical (unpaired) electrons. The number of carboxylic acid groups (broad SMARTS) is 2. The van der Waals surface area contributed by atoms with E-state index in [1.165, 1.54) is 96.3 Å². The molecule has 0 aliphatic rings. The van der Waals surface area contributed by atoms with Crippen LogP contribution < -0.4 is 21.9 Å². The molecular weight excluding hydrogens is 384 g/mol. The lowest BCUT2D eigenvalue weighted by molar-refractivity contribution is -0.137. The Labute approximate surface area is 182 Å². The Morgan fingerprint density at radius 2 is 0.867 bits per heavy atom. The van der Waals surface area contributed by atoms with Crippen molar-refractivity contribution in [3.05, 3.63) is 0 Å². The van der Waals surface area contributed by atoms with Crippen molar-refractivity contribution < 1.29 is 19.8 Å². The predicted octanol–water partition coefficient (Wildman–Crippen LogP) is 5.26. The Bertz CT molecular complexity index is 361. The molecule has 0 rings (SSSR count). The summed E-state index contributed by atoms with van der Waals surface area (Å²) in [6.07, 6.45) is 21.9. The summed E-state index contributed by atoms with van der Waals surface area (Å²) in [7, 11) is 0. The first-order valence-electron chi connectivity index (χ1n) is 12.1. The highest BCUT2D eigenvalue weighted by Crippen LogP contribution is 2.14. The SMILES string of the molecule is O=C(O)CCCCCCCCCCCCCCCCCCCCNNNNC(=O)O. The molecule has 0 aliphatic heterocycles. The van der Waals surface area contributed by atoms with Gasteiger partial charge in [-0.1, -0.05) is 103 Å². The number of rotatable bonds is 24. The number of hydrogen-bond donors (Lipinski definition) is 6. The van der Waals surface area contributed by atoms with E-state index in [1.54, 1.807) is 0 Å². The molecule has 1 amide bonds. The van der Waals surface area contributed by atoms with Crippen molar-refractivity contribution in [1.29, 1.82) is 0 Å². The largest absolute Gasteiger partial charge is 0.481 e. The van der Waals surface area contributed by atoms with Crippen LogP contribution in [0.1, 0.15) is 122 Å². The summed E-state index contributed by atoms with van der Waals surface area (Å²) in [5.74, 6) is -0.670. The predicted molar refractivity (Wildman–Crippen MR) is 121 cm³/mol. The van der Waals surface area contributed by atoms with Crippen LogP contribution in [-0.2, 0) is 4.79 Å². The summed E-state index contributed by atoms with van der Waals surface area (Å²) in [5, 5.41) is 16.9. The van der Waals surface area contributed by atoms with Crippen molar-refractivity contribution in [3.63, 3.8) is 0 Å². The van der Waals surface area contributed by atoms with Crippen LogP contribution in [0.2, 0.25) is 0 Å². The summed E-state index contributed by atoms with van der Waals surface area (Å²) < 4.78 is 0. The van der Waals surface area contributed by atoms with Crippen LogP contribution in [0, 0.1) is 0 Å². The zero-order valence-corrected chi connectivity index (χ0v) is 18.9. The van der Waals surface area contributed by atoms with E-state index in [4.69, 9.17) is 10.2 Å². The van der Waals surface area contributed by atoms with Gasteiger partial charge in [-0.3, -0.25) is 4.79 Å². The Morgan fingerprint density at radius 1 is 0.500 bits per heavy atom. The number of hydrazine groups is 3. The van der Waals surface area contributed by atoms with Gasteiger partial charge in [-0.2, -0.15) is 11.1 Å². The van der Waals surface area contributed by atoms with Gasteiger partial charge in [0.15, 0.2) is 0 Å². The first-order valence-corrected chi connectivity index (χ1v) is 12.1. The number of hydrogen-bond acceptors (Lipinski definition) is 5. The molecule has 0 spiro atoms. The zero-order valence-electron chi connectivity index (χ0n) is 18.9. The maximum atomic E-state index is 10.4. The lowest BCUT2D eigenvalue weighted by atomic mass is 10.0. The highest BCUT2D eigenvalue weighted by Gasteiger charge is 1.97. The van der Waals surface area contributed by atoms with Gasteiger partial charge >= 0.3 is 12.1 Å². The zero-order chi connectivity index (χ0) is 22.1.